The second-order valence-corrected chi connectivity index (χ2v) is 11.1. The lowest BCUT2D eigenvalue weighted by Gasteiger charge is -2.13. The van der Waals surface area contributed by atoms with Gasteiger partial charge in [0.2, 0.25) is 0 Å². The van der Waals surface area contributed by atoms with Gasteiger partial charge in [0.25, 0.3) is 0 Å². The largest absolute Gasteiger partial charge is 0.494 e. The molecule has 0 spiro atoms. The second-order valence-electron chi connectivity index (χ2n) is 11.1. The first kappa shape index (κ1) is 32.9. The normalized spacial score (nSPS) is 11.6. The monoisotopic (exact) mass is 572 g/mol. The summed E-state index contributed by atoms with van der Waals surface area (Å²) in [4.78, 5) is 25.2. The molecule has 5 heteroatoms. The van der Waals surface area contributed by atoms with Crippen molar-refractivity contribution in [2.75, 3.05) is 6.61 Å². The van der Waals surface area contributed by atoms with Gasteiger partial charge in [-0.2, -0.15) is 0 Å². The van der Waals surface area contributed by atoms with Crippen molar-refractivity contribution in [2.45, 2.75) is 104 Å². The number of esters is 2. The highest BCUT2D eigenvalue weighted by Gasteiger charge is 2.14. The lowest BCUT2D eigenvalue weighted by Crippen LogP contribution is -2.15. The van der Waals surface area contributed by atoms with E-state index in [1.807, 2.05) is 43.3 Å². The van der Waals surface area contributed by atoms with E-state index in [0.29, 0.717) is 16.9 Å². The number of carbonyl (C=O) groups is 2. The molecule has 3 aromatic rings. The van der Waals surface area contributed by atoms with Crippen molar-refractivity contribution >= 4 is 11.9 Å². The minimum absolute atomic E-state index is 0.124. The van der Waals surface area contributed by atoms with E-state index in [1.54, 1.807) is 36.4 Å². The molecule has 226 valence electrons. The molecule has 0 radical (unpaired) electrons. The SMILES string of the molecule is CCCCCCCCOc1ccc(-c2ccc(C(=O)Oc3ccc(C(=O)OC(C)CCCCCCC)cc3)cc2)cc1. The number of ether oxygens (including phenoxy) is 3. The molecule has 0 saturated carbocycles. The molecule has 0 N–H and O–H groups in total. The van der Waals surface area contributed by atoms with Crippen molar-refractivity contribution in [1.82, 2.24) is 0 Å². The molecule has 0 aliphatic carbocycles. The molecule has 0 saturated heterocycles. The number of carbonyl (C=O) groups excluding carboxylic acids is 2. The van der Waals surface area contributed by atoms with Crippen LogP contribution in [-0.4, -0.2) is 24.6 Å². The number of hydrogen-bond acceptors (Lipinski definition) is 5. The summed E-state index contributed by atoms with van der Waals surface area (Å²) in [7, 11) is 0. The third-order valence-electron chi connectivity index (χ3n) is 7.40. The van der Waals surface area contributed by atoms with Gasteiger partial charge in [-0.05, 0) is 85.8 Å². The molecule has 0 aliphatic heterocycles. The summed E-state index contributed by atoms with van der Waals surface area (Å²) >= 11 is 0. The van der Waals surface area contributed by atoms with Gasteiger partial charge in [0.05, 0.1) is 23.8 Å². The third-order valence-corrected chi connectivity index (χ3v) is 7.40. The van der Waals surface area contributed by atoms with Gasteiger partial charge in [-0.25, -0.2) is 9.59 Å². The molecule has 3 aromatic carbocycles. The van der Waals surface area contributed by atoms with Gasteiger partial charge in [0.1, 0.15) is 11.5 Å². The van der Waals surface area contributed by atoms with Gasteiger partial charge in [-0.1, -0.05) is 95.9 Å². The van der Waals surface area contributed by atoms with E-state index in [0.717, 1.165) is 42.7 Å². The molecule has 0 fully saturated rings. The van der Waals surface area contributed by atoms with Gasteiger partial charge < -0.3 is 14.2 Å². The maximum atomic E-state index is 12.7. The molecular formula is C37H48O5. The molecule has 42 heavy (non-hydrogen) atoms. The maximum absolute atomic E-state index is 12.7. The van der Waals surface area contributed by atoms with Gasteiger partial charge >= 0.3 is 11.9 Å². The van der Waals surface area contributed by atoms with Crippen molar-refractivity contribution < 1.29 is 23.8 Å². The van der Waals surface area contributed by atoms with Gasteiger partial charge in [-0.15, -0.1) is 0 Å². The van der Waals surface area contributed by atoms with Crippen molar-refractivity contribution in [3.05, 3.63) is 83.9 Å². The van der Waals surface area contributed by atoms with Crippen LogP contribution >= 0.6 is 0 Å². The molecule has 0 bridgehead atoms. The Morgan fingerprint density at radius 1 is 0.571 bits per heavy atom. The molecular weight excluding hydrogens is 524 g/mol. The zero-order chi connectivity index (χ0) is 30.0. The van der Waals surface area contributed by atoms with Crippen LogP contribution in [0.25, 0.3) is 11.1 Å². The van der Waals surface area contributed by atoms with E-state index < -0.39 is 5.97 Å². The van der Waals surface area contributed by atoms with E-state index in [9.17, 15) is 9.59 Å². The summed E-state index contributed by atoms with van der Waals surface area (Å²) < 4.78 is 17.0. The highest BCUT2D eigenvalue weighted by atomic mass is 16.5. The van der Waals surface area contributed by atoms with E-state index in [2.05, 4.69) is 13.8 Å². The van der Waals surface area contributed by atoms with E-state index in [-0.39, 0.29) is 12.1 Å². The van der Waals surface area contributed by atoms with E-state index in [4.69, 9.17) is 14.2 Å². The lowest BCUT2D eigenvalue weighted by atomic mass is 10.0. The van der Waals surface area contributed by atoms with Crippen LogP contribution < -0.4 is 9.47 Å². The first-order valence-corrected chi connectivity index (χ1v) is 15.9. The standard InChI is InChI=1S/C37H48O5/c1-4-6-8-10-12-14-28-40-34-24-20-31(21-25-34)30-16-18-32(19-17-30)37(39)42-35-26-22-33(23-27-35)36(38)41-29(3)15-13-11-9-7-5-2/h16-27,29H,4-15,28H2,1-3H3. The quantitative estimate of drug-likeness (QED) is 0.0812. The predicted molar refractivity (Wildman–Crippen MR) is 170 cm³/mol. The molecule has 0 amide bonds. The van der Waals surface area contributed by atoms with Crippen LogP contribution in [0.2, 0.25) is 0 Å². The lowest BCUT2D eigenvalue weighted by molar-refractivity contribution is 0.0319. The van der Waals surface area contributed by atoms with Crippen LogP contribution in [0.5, 0.6) is 11.5 Å². The number of benzene rings is 3. The van der Waals surface area contributed by atoms with E-state index >= 15 is 0 Å². The highest BCUT2D eigenvalue weighted by molar-refractivity contribution is 5.92. The maximum Gasteiger partial charge on any atom is 0.343 e. The van der Waals surface area contributed by atoms with Crippen LogP contribution in [0.3, 0.4) is 0 Å². The summed E-state index contributed by atoms with van der Waals surface area (Å²) in [6.45, 7) is 7.10. The van der Waals surface area contributed by atoms with Crippen molar-refractivity contribution in [1.29, 1.82) is 0 Å². The number of unbranched alkanes of at least 4 members (excludes halogenated alkanes) is 9. The fourth-order valence-electron chi connectivity index (χ4n) is 4.78. The van der Waals surface area contributed by atoms with Crippen molar-refractivity contribution in [3.8, 4) is 22.6 Å². The van der Waals surface area contributed by atoms with Crippen LogP contribution in [0.15, 0.2) is 72.8 Å². The molecule has 1 atom stereocenters. The third kappa shape index (κ3) is 11.7. The van der Waals surface area contributed by atoms with Crippen LogP contribution in [-0.2, 0) is 4.74 Å². The molecule has 3 rings (SSSR count). The number of hydrogen-bond donors (Lipinski definition) is 0. The van der Waals surface area contributed by atoms with Gasteiger partial charge in [-0.3, -0.25) is 0 Å². The topological polar surface area (TPSA) is 61.8 Å². The zero-order valence-corrected chi connectivity index (χ0v) is 25.7. The van der Waals surface area contributed by atoms with Crippen molar-refractivity contribution in [2.24, 2.45) is 0 Å². The van der Waals surface area contributed by atoms with Crippen LogP contribution in [0, 0.1) is 0 Å². The van der Waals surface area contributed by atoms with Gasteiger partial charge in [0, 0.05) is 0 Å². The fraction of sp³-hybridized carbons (Fsp3) is 0.459. The Hall–Kier alpha value is -3.60. The second kappa shape index (κ2) is 18.8. The van der Waals surface area contributed by atoms with Crippen molar-refractivity contribution in [3.63, 3.8) is 0 Å². The predicted octanol–water partition coefficient (Wildman–Crippen LogP) is 10.2. The molecule has 5 nitrogen and oxygen atoms in total. The average molecular weight is 573 g/mol. The molecule has 0 aliphatic rings. The Morgan fingerprint density at radius 2 is 1.05 bits per heavy atom. The zero-order valence-electron chi connectivity index (χ0n) is 25.7. The molecule has 0 aromatic heterocycles. The Balaban J connectivity index is 1.43. The summed E-state index contributed by atoms with van der Waals surface area (Å²) in [5, 5.41) is 0. The minimum Gasteiger partial charge on any atom is -0.494 e. The first-order chi connectivity index (χ1) is 20.5. The molecule has 0 heterocycles. The minimum atomic E-state index is -0.452. The molecule has 1 unspecified atom stereocenters. The van der Waals surface area contributed by atoms with E-state index in [1.165, 1.54) is 57.8 Å². The smallest absolute Gasteiger partial charge is 0.343 e. The summed E-state index contributed by atoms with van der Waals surface area (Å²) in [5.41, 5.74) is 2.95. The summed E-state index contributed by atoms with van der Waals surface area (Å²) in [6, 6.07) is 21.9. The Labute approximate surface area is 252 Å². The highest BCUT2D eigenvalue weighted by Crippen LogP contribution is 2.24. The Kier molecular flexibility index (Phi) is 14.7. The summed E-state index contributed by atoms with van der Waals surface area (Å²) in [6.07, 6.45) is 14.1. The first-order valence-electron chi connectivity index (χ1n) is 15.9. The Bertz CT molecular complexity index is 1180. The van der Waals surface area contributed by atoms with Crippen LogP contribution in [0.4, 0.5) is 0 Å². The number of rotatable bonds is 19. The summed E-state index contributed by atoms with van der Waals surface area (Å²) in [5.74, 6) is 0.439. The average Bonchev–Trinajstić information content (AvgIpc) is 3.01. The fourth-order valence-corrected chi connectivity index (χ4v) is 4.78. The van der Waals surface area contributed by atoms with Gasteiger partial charge in [0.15, 0.2) is 0 Å². The van der Waals surface area contributed by atoms with Crippen LogP contribution in [0.1, 0.15) is 119 Å². The Morgan fingerprint density at radius 3 is 1.67 bits per heavy atom.